The minimum absolute atomic E-state index is 0.528. The van der Waals surface area contributed by atoms with Crippen LogP contribution in [0.5, 0.6) is 0 Å². The lowest BCUT2D eigenvalue weighted by molar-refractivity contribution is 0.0898. The third kappa shape index (κ3) is 5.36. The van der Waals surface area contributed by atoms with Crippen molar-refractivity contribution >= 4 is 59.0 Å². The molecule has 0 unspecified atom stereocenters. The van der Waals surface area contributed by atoms with E-state index in [0.717, 1.165) is 23.3 Å². The van der Waals surface area contributed by atoms with Crippen LogP contribution in [0, 0.1) is 3.57 Å². The third-order valence-corrected chi connectivity index (χ3v) is 7.66. The highest BCUT2D eigenvalue weighted by atomic mass is 127. The van der Waals surface area contributed by atoms with Crippen molar-refractivity contribution in [3.05, 3.63) is 21.0 Å². The van der Waals surface area contributed by atoms with E-state index in [1.165, 1.54) is 41.7 Å². The second kappa shape index (κ2) is 8.79. The van der Waals surface area contributed by atoms with Gasteiger partial charge in [0.1, 0.15) is 17.5 Å². The highest BCUT2D eigenvalue weighted by molar-refractivity contribution is 14.1. The summed E-state index contributed by atoms with van der Waals surface area (Å²) in [7, 11) is -1.07. The van der Waals surface area contributed by atoms with Gasteiger partial charge in [-0.15, -0.1) is 0 Å². The highest BCUT2D eigenvalue weighted by Crippen LogP contribution is 2.33. The Labute approximate surface area is 176 Å². The number of nitrogens with one attached hydrogen (secondary N) is 1. The maximum atomic E-state index is 6.34. The lowest BCUT2D eigenvalue weighted by Gasteiger charge is -2.24. The van der Waals surface area contributed by atoms with Gasteiger partial charge in [-0.3, -0.25) is 0 Å². The van der Waals surface area contributed by atoms with Crippen LogP contribution in [0.15, 0.2) is 12.3 Å². The van der Waals surface area contributed by atoms with E-state index >= 15 is 0 Å². The fourth-order valence-corrected chi connectivity index (χ4v) is 5.24. The van der Waals surface area contributed by atoms with Gasteiger partial charge in [0.25, 0.3) is 0 Å². The van der Waals surface area contributed by atoms with Gasteiger partial charge >= 0.3 is 0 Å². The Kier molecular flexibility index (Phi) is 6.91. The standard InChI is InChI=1S/C19H29ClIN3OSi/c1-26(2,3)10-9-25-13-24-12-15(21)18-16(11-17(20)23-19(18)24)22-14-7-5-4-6-8-14/h11-12,14H,4-10,13H2,1-3H3,(H,22,23). The average Bonchev–Trinajstić information content (AvgIpc) is 2.87. The molecule has 0 saturated heterocycles. The average molecular weight is 506 g/mol. The van der Waals surface area contributed by atoms with Crippen LogP contribution >= 0.6 is 34.2 Å². The molecule has 0 bridgehead atoms. The predicted molar refractivity (Wildman–Crippen MR) is 122 cm³/mol. The number of ether oxygens (including phenoxy) is 1. The summed E-state index contributed by atoms with van der Waals surface area (Å²) in [5, 5.41) is 5.43. The zero-order chi connectivity index (χ0) is 18.7. The molecule has 0 spiro atoms. The predicted octanol–water partition coefficient (Wildman–Crippen LogP) is 6.35. The van der Waals surface area contributed by atoms with E-state index in [1.54, 1.807) is 0 Å². The topological polar surface area (TPSA) is 39.1 Å². The van der Waals surface area contributed by atoms with Crippen molar-refractivity contribution in [2.75, 3.05) is 11.9 Å². The Morgan fingerprint density at radius 1 is 1.31 bits per heavy atom. The number of fused-ring (bicyclic) bond motifs is 1. The molecule has 2 aromatic heterocycles. The number of pyridine rings is 1. The molecule has 4 nitrogen and oxygen atoms in total. The molecular formula is C19H29ClIN3OSi. The molecule has 0 aliphatic heterocycles. The normalized spacial score (nSPS) is 16.3. The van der Waals surface area contributed by atoms with Gasteiger partial charge in [-0.1, -0.05) is 50.5 Å². The van der Waals surface area contributed by atoms with Crippen LogP contribution in [-0.4, -0.2) is 30.3 Å². The molecule has 26 heavy (non-hydrogen) atoms. The Morgan fingerprint density at radius 2 is 2.04 bits per heavy atom. The molecule has 3 rings (SSSR count). The van der Waals surface area contributed by atoms with Gasteiger partial charge in [0, 0.05) is 36.2 Å². The quantitative estimate of drug-likeness (QED) is 0.206. The van der Waals surface area contributed by atoms with E-state index in [1.807, 2.05) is 6.07 Å². The van der Waals surface area contributed by atoms with Crippen LogP contribution in [-0.2, 0) is 11.5 Å². The van der Waals surface area contributed by atoms with Crippen molar-refractivity contribution in [1.29, 1.82) is 0 Å². The first-order chi connectivity index (χ1) is 12.3. The molecule has 0 amide bonds. The van der Waals surface area contributed by atoms with Crippen LogP contribution in [0.2, 0.25) is 30.8 Å². The second-order valence-electron chi connectivity index (χ2n) is 8.47. The van der Waals surface area contributed by atoms with Crippen LogP contribution in [0.4, 0.5) is 5.69 Å². The van der Waals surface area contributed by atoms with E-state index in [0.29, 0.717) is 17.9 Å². The van der Waals surface area contributed by atoms with Crippen molar-refractivity contribution in [3.63, 3.8) is 0 Å². The number of hydrogen-bond acceptors (Lipinski definition) is 3. The number of aromatic nitrogens is 2. The minimum Gasteiger partial charge on any atom is -0.382 e. The van der Waals surface area contributed by atoms with E-state index in [2.05, 4.69) is 63.3 Å². The highest BCUT2D eigenvalue weighted by Gasteiger charge is 2.19. The fraction of sp³-hybridized carbons (Fsp3) is 0.632. The molecule has 1 aliphatic rings. The van der Waals surface area contributed by atoms with Crippen molar-refractivity contribution in [3.8, 4) is 0 Å². The Bertz CT molecular complexity index is 753. The molecule has 2 aromatic rings. The summed E-state index contributed by atoms with van der Waals surface area (Å²) in [5.41, 5.74) is 2.02. The Morgan fingerprint density at radius 3 is 2.73 bits per heavy atom. The van der Waals surface area contributed by atoms with Crippen molar-refractivity contribution in [2.45, 2.75) is 70.6 Å². The Hall–Kier alpha value is -0.313. The van der Waals surface area contributed by atoms with Gasteiger partial charge < -0.3 is 14.6 Å². The fourth-order valence-electron chi connectivity index (χ4n) is 3.43. The summed E-state index contributed by atoms with van der Waals surface area (Å²) in [6, 6.07) is 3.68. The number of hydrogen-bond donors (Lipinski definition) is 1. The molecule has 7 heteroatoms. The smallest absolute Gasteiger partial charge is 0.146 e. The van der Waals surface area contributed by atoms with Crippen LogP contribution in [0.1, 0.15) is 32.1 Å². The van der Waals surface area contributed by atoms with Gasteiger partial charge in [-0.25, -0.2) is 4.98 Å². The summed E-state index contributed by atoms with van der Waals surface area (Å²) >= 11 is 8.73. The summed E-state index contributed by atoms with van der Waals surface area (Å²) in [6.07, 6.45) is 8.56. The first kappa shape index (κ1) is 20.4. The number of halogens is 2. The lowest BCUT2D eigenvalue weighted by Crippen LogP contribution is -2.22. The van der Waals surface area contributed by atoms with Gasteiger partial charge in [0.15, 0.2) is 0 Å². The molecule has 1 fully saturated rings. The number of anilines is 1. The van der Waals surface area contributed by atoms with Crippen molar-refractivity contribution in [1.82, 2.24) is 9.55 Å². The second-order valence-corrected chi connectivity index (χ2v) is 15.6. The van der Waals surface area contributed by atoms with Gasteiger partial charge in [0.05, 0.1) is 5.39 Å². The van der Waals surface area contributed by atoms with Crippen LogP contribution in [0.3, 0.4) is 0 Å². The molecule has 1 saturated carbocycles. The van der Waals surface area contributed by atoms with E-state index in [9.17, 15) is 0 Å². The third-order valence-electron chi connectivity index (χ3n) is 4.94. The zero-order valence-corrected chi connectivity index (χ0v) is 19.9. The van der Waals surface area contributed by atoms with Crippen molar-refractivity contribution < 1.29 is 4.74 Å². The molecule has 144 valence electrons. The molecule has 1 aliphatic carbocycles. The van der Waals surface area contributed by atoms with E-state index in [-0.39, 0.29) is 0 Å². The van der Waals surface area contributed by atoms with E-state index < -0.39 is 8.07 Å². The SMILES string of the molecule is C[Si](C)(C)CCOCn1cc(I)c2c(NC3CCCCC3)cc(Cl)nc21. The molecule has 0 atom stereocenters. The zero-order valence-electron chi connectivity index (χ0n) is 15.9. The largest absolute Gasteiger partial charge is 0.382 e. The summed E-state index contributed by atoms with van der Waals surface area (Å²) < 4.78 is 9.21. The van der Waals surface area contributed by atoms with Gasteiger partial charge in [-0.05, 0) is 47.5 Å². The van der Waals surface area contributed by atoms with E-state index in [4.69, 9.17) is 16.3 Å². The van der Waals surface area contributed by atoms with Crippen molar-refractivity contribution in [2.24, 2.45) is 0 Å². The number of rotatable bonds is 7. The molecular weight excluding hydrogens is 477 g/mol. The first-order valence-electron chi connectivity index (χ1n) is 9.53. The first-order valence-corrected chi connectivity index (χ1v) is 14.7. The maximum absolute atomic E-state index is 6.34. The molecule has 0 aromatic carbocycles. The summed E-state index contributed by atoms with van der Waals surface area (Å²) in [6.45, 7) is 8.44. The van der Waals surface area contributed by atoms with Crippen LogP contribution in [0.25, 0.3) is 11.0 Å². The lowest BCUT2D eigenvalue weighted by atomic mass is 9.95. The molecule has 1 N–H and O–H groups in total. The number of nitrogens with zero attached hydrogens (tertiary/aromatic N) is 2. The molecule has 2 heterocycles. The Balaban J connectivity index is 1.78. The summed E-state index contributed by atoms with van der Waals surface area (Å²) in [5.74, 6) is 0. The monoisotopic (exact) mass is 505 g/mol. The van der Waals surface area contributed by atoms with Gasteiger partial charge in [0.2, 0.25) is 0 Å². The van der Waals surface area contributed by atoms with Crippen LogP contribution < -0.4 is 5.32 Å². The van der Waals surface area contributed by atoms with Gasteiger partial charge in [-0.2, -0.15) is 0 Å². The maximum Gasteiger partial charge on any atom is 0.146 e. The summed E-state index contributed by atoms with van der Waals surface area (Å²) in [4.78, 5) is 4.59. The molecule has 0 radical (unpaired) electrons. The minimum atomic E-state index is -1.07.